The number of benzene rings is 1. The van der Waals surface area contributed by atoms with Gasteiger partial charge in [-0.2, -0.15) is 0 Å². The van der Waals surface area contributed by atoms with Crippen LogP contribution in [0.4, 0.5) is 10.5 Å². The van der Waals surface area contributed by atoms with Crippen molar-refractivity contribution in [3.8, 4) is 0 Å². The number of nitrogens with zero attached hydrogens (tertiary/aromatic N) is 1. The summed E-state index contributed by atoms with van der Waals surface area (Å²) in [4.78, 5) is 24.2. The average Bonchev–Trinajstić information content (AvgIpc) is 2.35. The van der Waals surface area contributed by atoms with Crippen LogP contribution in [0.25, 0.3) is 0 Å². The van der Waals surface area contributed by atoms with Crippen LogP contribution in [0, 0.1) is 6.92 Å². The van der Waals surface area contributed by atoms with E-state index in [1.54, 1.807) is 14.0 Å². The zero-order chi connectivity index (χ0) is 13.7. The largest absolute Gasteiger partial charge is 0.480 e. The number of rotatable bonds is 4. The molecule has 0 heterocycles. The van der Waals surface area contributed by atoms with Crippen LogP contribution in [0.1, 0.15) is 18.9 Å². The lowest BCUT2D eigenvalue weighted by Gasteiger charge is -2.22. The number of amides is 2. The van der Waals surface area contributed by atoms with E-state index in [0.29, 0.717) is 6.42 Å². The molecule has 0 aliphatic rings. The molecule has 2 amide bonds. The van der Waals surface area contributed by atoms with Crippen molar-refractivity contribution in [3.63, 3.8) is 0 Å². The summed E-state index contributed by atoms with van der Waals surface area (Å²) in [6.07, 6.45) is 0.350. The molecule has 0 aliphatic heterocycles. The maximum atomic E-state index is 11.9. The summed E-state index contributed by atoms with van der Waals surface area (Å²) in [5.74, 6) is -1.02. The monoisotopic (exact) mass is 250 g/mol. The topological polar surface area (TPSA) is 69.6 Å². The van der Waals surface area contributed by atoms with E-state index in [0.717, 1.165) is 11.3 Å². The number of anilines is 1. The first-order chi connectivity index (χ1) is 8.47. The smallest absolute Gasteiger partial charge is 0.326 e. The number of para-hydroxylation sites is 1. The maximum absolute atomic E-state index is 11.9. The van der Waals surface area contributed by atoms with E-state index in [1.165, 1.54) is 4.90 Å². The van der Waals surface area contributed by atoms with Crippen LogP contribution in [0.15, 0.2) is 24.3 Å². The maximum Gasteiger partial charge on any atom is 0.326 e. The minimum Gasteiger partial charge on any atom is -0.480 e. The highest BCUT2D eigenvalue weighted by Crippen LogP contribution is 2.17. The van der Waals surface area contributed by atoms with E-state index in [4.69, 9.17) is 5.11 Å². The second kappa shape index (κ2) is 6.05. The van der Waals surface area contributed by atoms with Gasteiger partial charge in [0.15, 0.2) is 0 Å². The van der Waals surface area contributed by atoms with Crippen molar-refractivity contribution in [3.05, 3.63) is 29.8 Å². The highest BCUT2D eigenvalue weighted by atomic mass is 16.4. The van der Waals surface area contributed by atoms with Gasteiger partial charge in [-0.05, 0) is 25.0 Å². The van der Waals surface area contributed by atoms with Crippen molar-refractivity contribution in [2.75, 3.05) is 11.9 Å². The Morgan fingerprint density at radius 2 is 2.00 bits per heavy atom. The van der Waals surface area contributed by atoms with E-state index in [9.17, 15) is 9.59 Å². The second-order valence-corrected chi connectivity index (χ2v) is 4.09. The zero-order valence-electron chi connectivity index (χ0n) is 10.8. The molecular weight excluding hydrogens is 232 g/mol. The van der Waals surface area contributed by atoms with Crippen molar-refractivity contribution in [1.82, 2.24) is 5.32 Å². The summed E-state index contributed by atoms with van der Waals surface area (Å²) in [5, 5.41) is 11.4. The van der Waals surface area contributed by atoms with Crippen molar-refractivity contribution in [2.45, 2.75) is 26.3 Å². The normalized spacial score (nSPS) is 11.7. The Morgan fingerprint density at radius 1 is 1.39 bits per heavy atom. The summed E-state index contributed by atoms with van der Waals surface area (Å²) in [7, 11) is 1.62. The molecular formula is C13H18N2O3. The number of urea groups is 1. The average molecular weight is 250 g/mol. The van der Waals surface area contributed by atoms with Gasteiger partial charge in [-0.25, -0.2) is 9.59 Å². The first-order valence-corrected chi connectivity index (χ1v) is 5.80. The van der Waals surface area contributed by atoms with Crippen LogP contribution in [0.5, 0.6) is 0 Å². The number of carboxylic acids is 1. The zero-order valence-corrected chi connectivity index (χ0v) is 10.8. The molecule has 0 fully saturated rings. The van der Waals surface area contributed by atoms with E-state index in [-0.39, 0.29) is 0 Å². The molecule has 0 spiro atoms. The number of carboxylic acid groups (broad SMARTS) is 1. The number of carbonyl (C=O) groups is 2. The summed E-state index contributed by atoms with van der Waals surface area (Å²) in [6.45, 7) is 3.61. The molecule has 0 aliphatic carbocycles. The molecule has 1 aromatic rings. The summed E-state index contributed by atoms with van der Waals surface area (Å²) >= 11 is 0. The molecule has 1 rings (SSSR count). The van der Waals surface area contributed by atoms with E-state index < -0.39 is 18.0 Å². The van der Waals surface area contributed by atoms with E-state index in [2.05, 4.69) is 5.32 Å². The molecule has 5 nitrogen and oxygen atoms in total. The molecule has 98 valence electrons. The Bertz CT molecular complexity index is 446. The molecule has 18 heavy (non-hydrogen) atoms. The number of hydrogen-bond acceptors (Lipinski definition) is 2. The van der Waals surface area contributed by atoms with Crippen LogP contribution < -0.4 is 10.2 Å². The highest BCUT2D eigenvalue weighted by Gasteiger charge is 2.20. The number of carbonyl (C=O) groups excluding carboxylic acids is 1. The molecule has 5 heteroatoms. The predicted octanol–water partition coefficient (Wildman–Crippen LogP) is 2.00. The van der Waals surface area contributed by atoms with Gasteiger partial charge < -0.3 is 10.4 Å². The van der Waals surface area contributed by atoms with E-state index >= 15 is 0 Å². The number of aryl methyl sites for hydroxylation is 1. The third-order valence-corrected chi connectivity index (χ3v) is 2.79. The number of hydrogen-bond donors (Lipinski definition) is 2. The van der Waals surface area contributed by atoms with Crippen LogP contribution >= 0.6 is 0 Å². The number of nitrogens with one attached hydrogen (secondary N) is 1. The minimum atomic E-state index is -1.02. The lowest BCUT2D eigenvalue weighted by molar-refractivity contribution is -0.139. The Balaban J connectivity index is 2.79. The molecule has 0 unspecified atom stereocenters. The molecule has 0 aromatic heterocycles. The van der Waals surface area contributed by atoms with Gasteiger partial charge in [-0.15, -0.1) is 0 Å². The van der Waals surface area contributed by atoms with Crippen molar-refractivity contribution in [1.29, 1.82) is 0 Å². The van der Waals surface area contributed by atoms with Gasteiger partial charge in [0.25, 0.3) is 0 Å². The first-order valence-electron chi connectivity index (χ1n) is 5.80. The van der Waals surface area contributed by atoms with Crippen molar-refractivity contribution < 1.29 is 14.7 Å². The SMILES string of the molecule is CC[C@H](NC(=O)N(C)c1ccccc1C)C(=O)O. The Labute approximate surface area is 106 Å². The van der Waals surface area contributed by atoms with Crippen LogP contribution in [-0.4, -0.2) is 30.2 Å². The molecule has 2 N–H and O–H groups in total. The third-order valence-electron chi connectivity index (χ3n) is 2.79. The Kier molecular flexibility index (Phi) is 4.71. The predicted molar refractivity (Wildman–Crippen MR) is 69.8 cm³/mol. The van der Waals surface area contributed by atoms with Crippen molar-refractivity contribution in [2.24, 2.45) is 0 Å². The quantitative estimate of drug-likeness (QED) is 0.858. The molecule has 1 atom stereocenters. The summed E-state index contributed by atoms with van der Waals surface area (Å²) in [6, 6.07) is 6.16. The Morgan fingerprint density at radius 3 is 2.50 bits per heavy atom. The Hall–Kier alpha value is -2.04. The van der Waals surface area contributed by atoms with Gasteiger partial charge in [0.2, 0.25) is 0 Å². The fourth-order valence-corrected chi connectivity index (χ4v) is 1.63. The standard InChI is InChI=1S/C13H18N2O3/c1-4-10(12(16)17)14-13(18)15(3)11-8-6-5-7-9(11)2/h5-8,10H,4H2,1-3H3,(H,14,18)(H,16,17)/t10-/m0/s1. The lowest BCUT2D eigenvalue weighted by atomic mass is 10.2. The van der Waals surface area contributed by atoms with E-state index in [1.807, 2.05) is 31.2 Å². The molecule has 0 bridgehead atoms. The van der Waals surface area contributed by atoms with Gasteiger partial charge >= 0.3 is 12.0 Å². The van der Waals surface area contributed by atoms with Gasteiger partial charge in [-0.3, -0.25) is 4.90 Å². The minimum absolute atomic E-state index is 0.350. The summed E-state index contributed by atoms with van der Waals surface area (Å²) in [5.41, 5.74) is 1.72. The van der Waals surface area contributed by atoms with Crippen LogP contribution in [-0.2, 0) is 4.79 Å². The van der Waals surface area contributed by atoms with Crippen LogP contribution in [0.3, 0.4) is 0 Å². The van der Waals surface area contributed by atoms with Gasteiger partial charge in [0.1, 0.15) is 6.04 Å². The van der Waals surface area contributed by atoms with Gasteiger partial charge in [0.05, 0.1) is 0 Å². The lowest BCUT2D eigenvalue weighted by Crippen LogP contribution is -2.46. The first kappa shape index (κ1) is 14.0. The van der Waals surface area contributed by atoms with Crippen molar-refractivity contribution >= 4 is 17.7 Å². The molecule has 0 saturated carbocycles. The van der Waals surface area contributed by atoms with Gasteiger partial charge in [-0.1, -0.05) is 25.1 Å². The fraction of sp³-hybridized carbons (Fsp3) is 0.385. The number of aliphatic carboxylic acids is 1. The second-order valence-electron chi connectivity index (χ2n) is 4.09. The highest BCUT2D eigenvalue weighted by molar-refractivity contribution is 5.94. The molecule has 1 aromatic carbocycles. The molecule has 0 saturated heterocycles. The third kappa shape index (κ3) is 3.23. The van der Waals surface area contributed by atoms with Crippen LogP contribution in [0.2, 0.25) is 0 Å². The summed E-state index contributed by atoms with van der Waals surface area (Å²) < 4.78 is 0. The molecule has 0 radical (unpaired) electrons. The fourth-order valence-electron chi connectivity index (χ4n) is 1.63. The van der Waals surface area contributed by atoms with Gasteiger partial charge in [0, 0.05) is 12.7 Å².